The molecule has 3 heterocycles. The molecule has 0 radical (unpaired) electrons. The number of aliphatic hydroxyl groups is 1. The van der Waals surface area contributed by atoms with Crippen molar-refractivity contribution >= 4 is 5.91 Å². The van der Waals surface area contributed by atoms with Gasteiger partial charge in [-0.15, -0.1) is 0 Å². The summed E-state index contributed by atoms with van der Waals surface area (Å²) in [5.41, 5.74) is 0.513. The van der Waals surface area contributed by atoms with Gasteiger partial charge in [0.1, 0.15) is 5.76 Å². The predicted octanol–water partition coefficient (Wildman–Crippen LogP) is 1.11. The third-order valence-electron chi connectivity index (χ3n) is 4.34. The molecule has 2 aliphatic heterocycles. The summed E-state index contributed by atoms with van der Waals surface area (Å²) in [4.78, 5) is 15.4. The number of likely N-dealkylation sites (tertiary alicyclic amines) is 2. The number of amides is 1. The molecule has 21 heavy (non-hydrogen) atoms. The smallest absolute Gasteiger partial charge is 0.262 e. The molecule has 0 spiro atoms. The van der Waals surface area contributed by atoms with Gasteiger partial charge in [-0.3, -0.25) is 9.69 Å². The van der Waals surface area contributed by atoms with Gasteiger partial charge in [-0.2, -0.15) is 0 Å². The van der Waals surface area contributed by atoms with E-state index in [-0.39, 0.29) is 31.5 Å². The predicted molar refractivity (Wildman–Crippen MR) is 70.3 cm³/mol. The Kier molecular flexibility index (Phi) is 3.49. The van der Waals surface area contributed by atoms with Gasteiger partial charge in [0.05, 0.1) is 25.0 Å². The number of hydrogen-bond acceptors (Lipinski definition) is 4. The molecule has 1 amide bonds. The fraction of sp³-hybridized carbons (Fsp3) is 0.643. The van der Waals surface area contributed by atoms with Gasteiger partial charge in [-0.25, -0.2) is 8.78 Å². The summed E-state index contributed by atoms with van der Waals surface area (Å²) >= 11 is 0. The molecular formula is C14H18F2N2O3. The minimum atomic E-state index is -2.75. The first kappa shape index (κ1) is 14.5. The van der Waals surface area contributed by atoms with Crippen molar-refractivity contribution in [1.82, 2.24) is 9.80 Å². The van der Waals surface area contributed by atoms with Crippen LogP contribution in [0.2, 0.25) is 0 Å². The molecule has 5 nitrogen and oxygen atoms in total. The first-order chi connectivity index (χ1) is 9.91. The molecule has 0 bridgehead atoms. The van der Waals surface area contributed by atoms with Crippen molar-refractivity contribution in [3.05, 3.63) is 23.7 Å². The van der Waals surface area contributed by atoms with Gasteiger partial charge in [0, 0.05) is 31.6 Å². The van der Waals surface area contributed by atoms with Crippen molar-refractivity contribution in [3.8, 4) is 0 Å². The van der Waals surface area contributed by atoms with E-state index in [0.717, 1.165) is 0 Å². The van der Waals surface area contributed by atoms with Crippen LogP contribution in [0.5, 0.6) is 0 Å². The van der Waals surface area contributed by atoms with Crippen LogP contribution in [0.15, 0.2) is 16.7 Å². The molecule has 1 aromatic rings. The van der Waals surface area contributed by atoms with E-state index in [1.165, 1.54) is 6.26 Å². The van der Waals surface area contributed by atoms with E-state index < -0.39 is 12.0 Å². The van der Waals surface area contributed by atoms with Gasteiger partial charge < -0.3 is 14.4 Å². The largest absolute Gasteiger partial charge is 0.469 e. The molecule has 2 aliphatic rings. The highest BCUT2D eigenvalue weighted by Crippen LogP contribution is 2.35. The lowest BCUT2D eigenvalue weighted by Crippen LogP contribution is -2.62. The molecule has 7 heteroatoms. The summed E-state index contributed by atoms with van der Waals surface area (Å²) in [6.07, 6.45) is 1.15. The zero-order valence-electron chi connectivity index (χ0n) is 11.8. The Morgan fingerprint density at radius 1 is 1.52 bits per heavy atom. The Morgan fingerprint density at radius 2 is 2.24 bits per heavy atom. The number of aliphatic hydroxyl groups excluding tert-OH is 1. The van der Waals surface area contributed by atoms with Crippen LogP contribution in [0, 0.1) is 6.92 Å². The maximum absolute atomic E-state index is 13.4. The van der Waals surface area contributed by atoms with Crippen molar-refractivity contribution in [3.63, 3.8) is 0 Å². The number of rotatable bonds is 3. The molecule has 1 aromatic heterocycles. The van der Waals surface area contributed by atoms with Gasteiger partial charge in [-0.05, 0) is 13.0 Å². The monoisotopic (exact) mass is 300 g/mol. The Labute approximate surface area is 121 Å². The van der Waals surface area contributed by atoms with E-state index >= 15 is 0 Å². The van der Waals surface area contributed by atoms with E-state index in [1.54, 1.807) is 22.8 Å². The van der Waals surface area contributed by atoms with Crippen LogP contribution in [-0.2, 0) is 0 Å². The van der Waals surface area contributed by atoms with Crippen LogP contribution in [0.3, 0.4) is 0 Å². The van der Waals surface area contributed by atoms with Crippen LogP contribution in [0.25, 0.3) is 0 Å². The summed E-state index contributed by atoms with van der Waals surface area (Å²) in [5.74, 6) is -2.33. The van der Waals surface area contributed by atoms with Crippen molar-refractivity contribution in [2.45, 2.75) is 31.4 Å². The molecule has 0 aromatic carbocycles. The minimum absolute atomic E-state index is 0.105. The second-order valence-corrected chi connectivity index (χ2v) is 5.82. The molecule has 0 saturated carbocycles. The number of aryl methyl sites for hydroxylation is 1. The maximum atomic E-state index is 13.4. The third-order valence-corrected chi connectivity index (χ3v) is 4.34. The topological polar surface area (TPSA) is 56.9 Å². The lowest BCUT2D eigenvalue weighted by molar-refractivity contribution is -0.0125. The SMILES string of the molecule is Cc1occc1C(=O)N1CC(N2CC(F)(F)C[C@H]2CO)C1. The highest BCUT2D eigenvalue weighted by molar-refractivity contribution is 5.95. The Balaban J connectivity index is 1.61. The number of carbonyl (C=O) groups is 1. The van der Waals surface area contributed by atoms with E-state index in [4.69, 9.17) is 4.42 Å². The third kappa shape index (κ3) is 2.55. The van der Waals surface area contributed by atoms with Gasteiger partial charge in [0.25, 0.3) is 11.8 Å². The lowest BCUT2D eigenvalue weighted by atomic mass is 10.0. The average molecular weight is 300 g/mol. The van der Waals surface area contributed by atoms with Crippen LogP contribution >= 0.6 is 0 Å². The number of nitrogens with zero attached hydrogens (tertiary/aromatic N) is 2. The molecule has 2 fully saturated rings. The minimum Gasteiger partial charge on any atom is -0.469 e. The fourth-order valence-electron chi connectivity index (χ4n) is 3.13. The van der Waals surface area contributed by atoms with Crippen LogP contribution in [-0.4, -0.2) is 65.1 Å². The van der Waals surface area contributed by atoms with E-state index in [2.05, 4.69) is 0 Å². The zero-order chi connectivity index (χ0) is 15.2. The lowest BCUT2D eigenvalue weighted by Gasteiger charge is -2.45. The van der Waals surface area contributed by atoms with Crippen molar-refractivity contribution in [2.24, 2.45) is 0 Å². The molecule has 2 saturated heterocycles. The average Bonchev–Trinajstić information content (AvgIpc) is 2.90. The Morgan fingerprint density at radius 3 is 2.81 bits per heavy atom. The van der Waals surface area contributed by atoms with Crippen LogP contribution in [0.4, 0.5) is 8.78 Å². The van der Waals surface area contributed by atoms with E-state index in [0.29, 0.717) is 24.4 Å². The number of carbonyl (C=O) groups excluding carboxylic acids is 1. The van der Waals surface area contributed by atoms with Crippen molar-refractivity contribution < 1.29 is 23.1 Å². The molecule has 0 aliphatic carbocycles. The normalized spacial score (nSPS) is 26.1. The number of alkyl halides is 2. The van der Waals surface area contributed by atoms with E-state index in [1.807, 2.05) is 0 Å². The summed E-state index contributed by atoms with van der Waals surface area (Å²) in [5, 5.41) is 9.23. The quantitative estimate of drug-likeness (QED) is 0.909. The highest BCUT2D eigenvalue weighted by atomic mass is 19.3. The van der Waals surface area contributed by atoms with Gasteiger partial charge in [-0.1, -0.05) is 0 Å². The molecule has 3 rings (SSSR count). The second-order valence-electron chi connectivity index (χ2n) is 5.82. The Hall–Kier alpha value is -1.47. The van der Waals surface area contributed by atoms with Crippen molar-refractivity contribution in [2.75, 3.05) is 26.2 Å². The summed E-state index contributed by atoms with van der Waals surface area (Å²) in [6.45, 7) is 1.93. The second kappa shape index (κ2) is 5.06. The highest BCUT2D eigenvalue weighted by Gasteiger charge is 2.50. The molecule has 1 N–H and O–H groups in total. The van der Waals surface area contributed by atoms with Crippen molar-refractivity contribution in [1.29, 1.82) is 0 Å². The first-order valence-corrected chi connectivity index (χ1v) is 6.99. The Bertz CT molecular complexity index is 540. The fourth-order valence-corrected chi connectivity index (χ4v) is 3.13. The molecule has 116 valence electrons. The first-order valence-electron chi connectivity index (χ1n) is 6.99. The number of halogens is 2. The summed E-state index contributed by atoms with van der Waals surface area (Å²) in [6, 6.07) is 0.996. The van der Waals surface area contributed by atoms with Gasteiger partial charge in [0.2, 0.25) is 0 Å². The zero-order valence-corrected chi connectivity index (χ0v) is 11.8. The van der Waals surface area contributed by atoms with E-state index in [9.17, 15) is 18.7 Å². The van der Waals surface area contributed by atoms with Gasteiger partial charge >= 0.3 is 0 Å². The van der Waals surface area contributed by atoms with Crippen LogP contribution in [0.1, 0.15) is 22.5 Å². The summed E-state index contributed by atoms with van der Waals surface area (Å²) in [7, 11) is 0. The summed E-state index contributed by atoms with van der Waals surface area (Å²) < 4.78 is 32.0. The molecule has 0 unspecified atom stereocenters. The molecule has 1 atom stereocenters. The standard InChI is InChI=1S/C14H18F2N2O3/c1-9-12(2-3-21-9)13(20)17-5-11(6-17)18-8-14(15,16)4-10(18)7-19/h2-3,10-11,19H,4-8H2,1H3/t10-/m0/s1. The van der Waals surface area contributed by atoms with Crippen LogP contribution < -0.4 is 0 Å². The van der Waals surface area contributed by atoms with Gasteiger partial charge in [0.15, 0.2) is 0 Å². The number of hydrogen-bond donors (Lipinski definition) is 1. The molecular weight excluding hydrogens is 282 g/mol. The maximum Gasteiger partial charge on any atom is 0.262 e. The number of furan rings is 1.